The molecule has 0 saturated heterocycles. The van der Waals surface area contributed by atoms with Crippen LogP contribution in [0.4, 0.5) is 13.2 Å². The van der Waals surface area contributed by atoms with Crippen molar-refractivity contribution in [2.24, 2.45) is 0 Å². The molecular weight excluding hydrogens is 575 g/mol. The Morgan fingerprint density at radius 2 is 1.69 bits per heavy atom. The molecule has 0 aliphatic carbocycles. The second-order valence-corrected chi connectivity index (χ2v) is 9.83. The van der Waals surface area contributed by atoms with Gasteiger partial charge in [-0.1, -0.05) is 41.9 Å². The summed E-state index contributed by atoms with van der Waals surface area (Å²) >= 11 is 5.93. The lowest BCUT2D eigenvalue weighted by Crippen LogP contribution is -2.37. The van der Waals surface area contributed by atoms with E-state index in [-0.39, 0.29) is 36.8 Å². The molecule has 3 heterocycles. The Balaban J connectivity index is 1.40. The van der Waals surface area contributed by atoms with E-state index in [1.807, 2.05) is 30.3 Å². The van der Waals surface area contributed by atoms with Gasteiger partial charge in [0, 0.05) is 23.2 Å². The number of carbonyl (C=O) groups is 1. The minimum Gasteiger partial charge on any atom is -0.382 e. The maximum absolute atomic E-state index is 13.1. The van der Waals surface area contributed by atoms with Gasteiger partial charge in [-0.05, 0) is 42.0 Å². The maximum atomic E-state index is 13.1. The van der Waals surface area contributed by atoms with Crippen molar-refractivity contribution >= 4 is 17.4 Å². The van der Waals surface area contributed by atoms with E-state index in [1.54, 1.807) is 18.3 Å². The van der Waals surface area contributed by atoms with E-state index in [4.69, 9.17) is 11.6 Å². The normalized spacial score (nSPS) is 12.4. The fraction of sp³-hybridized carbons (Fsp3) is 0.214. The van der Waals surface area contributed by atoms with Gasteiger partial charge in [0.2, 0.25) is 0 Å². The summed E-state index contributed by atoms with van der Waals surface area (Å²) in [7, 11) is 0. The van der Waals surface area contributed by atoms with Gasteiger partial charge in [-0.3, -0.25) is 14.3 Å². The van der Waals surface area contributed by atoms with Crippen molar-refractivity contribution in [1.29, 1.82) is 0 Å². The Labute approximate surface area is 241 Å². The molecule has 0 aliphatic rings. The number of Topliss-reactive ketones (excluding diaryl/α,β-unsaturated/α-hetero) is 1. The van der Waals surface area contributed by atoms with Crippen molar-refractivity contribution in [2.75, 3.05) is 0 Å². The molecule has 0 saturated carbocycles. The van der Waals surface area contributed by atoms with Crippen LogP contribution in [0, 0.1) is 0 Å². The van der Waals surface area contributed by atoms with Crippen LogP contribution >= 0.6 is 11.6 Å². The highest BCUT2D eigenvalue weighted by molar-refractivity contribution is 6.30. The van der Waals surface area contributed by atoms with E-state index < -0.39 is 24.5 Å². The molecule has 10 nitrogen and oxygen atoms in total. The van der Waals surface area contributed by atoms with E-state index in [0.717, 1.165) is 14.8 Å². The van der Waals surface area contributed by atoms with Gasteiger partial charge in [-0.25, -0.2) is 19.1 Å². The molecule has 0 amide bonds. The number of hydrogen-bond acceptors (Lipinski definition) is 7. The van der Waals surface area contributed by atoms with E-state index in [0.29, 0.717) is 22.0 Å². The van der Waals surface area contributed by atoms with Crippen molar-refractivity contribution in [2.45, 2.75) is 38.2 Å². The molecule has 3 aromatic heterocycles. The molecule has 2 aromatic carbocycles. The van der Waals surface area contributed by atoms with Gasteiger partial charge in [0.25, 0.3) is 0 Å². The quantitative estimate of drug-likeness (QED) is 0.261. The lowest BCUT2D eigenvalue weighted by Gasteiger charge is -2.15. The molecule has 216 valence electrons. The van der Waals surface area contributed by atoms with Crippen LogP contribution < -0.4 is 5.69 Å². The Morgan fingerprint density at radius 1 is 0.952 bits per heavy atom. The number of halogens is 4. The van der Waals surface area contributed by atoms with Crippen LogP contribution in [0.3, 0.4) is 0 Å². The first-order valence-corrected chi connectivity index (χ1v) is 13.0. The van der Waals surface area contributed by atoms with Crippen molar-refractivity contribution < 1.29 is 23.1 Å². The van der Waals surface area contributed by atoms with Crippen molar-refractivity contribution in [3.8, 4) is 17.1 Å². The highest BCUT2D eigenvalue weighted by Crippen LogP contribution is 2.24. The molecule has 14 heteroatoms. The van der Waals surface area contributed by atoms with Gasteiger partial charge in [0.1, 0.15) is 18.7 Å². The van der Waals surface area contributed by atoms with Crippen LogP contribution in [0.15, 0.2) is 84.0 Å². The Morgan fingerprint density at radius 3 is 2.40 bits per heavy atom. The Hall–Kier alpha value is -4.62. The molecule has 1 N–H and O–H groups in total. The topological polar surface area (TPSA) is 121 Å². The van der Waals surface area contributed by atoms with Gasteiger partial charge in [-0.2, -0.15) is 13.2 Å². The molecule has 0 radical (unpaired) electrons. The summed E-state index contributed by atoms with van der Waals surface area (Å²) in [5.41, 5.74) is 1.29. The van der Waals surface area contributed by atoms with Crippen molar-refractivity contribution in [1.82, 2.24) is 34.1 Å². The van der Waals surface area contributed by atoms with Gasteiger partial charge in [0.15, 0.2) is 17.8 Å². The second kappa shape index (κ2) is 12.1. The first-order valence-electron chi connectivity index (χ1n) is 12.7. The van der Waals surface area contributed by atoms with Crippen LogP contribution in [0.25, 0.3) is 17.1 Å². The van der Waals surface area contributed by atoms with Crippen molar-refractivity contribution in [3.63, 3.8) is 0 Å². The molecule has 5 rings (SSSR count). The SMILES string of the molecule is O=C(Cc1ccccc1)Cc1ncccc1-n1cnc(Cn2nc(-c3ccc(Cl)cc3)n(C[C@H](O)C(F)(F)F)c2=O)n1. The van der Waals surface area contributed by atoms with E-state index in [9.17, 15) is 27.9 Å². The van der Waals surface area contributed by atoms with Crippen LogP contribution in [-0.4, -0.2) is 57.3 Å². The smallest absolute Gasteiger partial charge is 0.382 e. The van der Waals surface area contributed by atoms with Crippen molar-refractivity contribution in [3.05, 3.63) is 112 Å². The standard InChI is InChI=1S/C28H23ClF3N7O3/c29-20-10-8-19(9-11-20)26-36-38(27(42)37(26)15-24(41)28(30,31)32)16-25-34-17-39(35-25)23-7-4-12-33-22(23)14-21(40)13-18-5-2-1-3-6-18/h1-12,17,24,41H,13-16H2/t24-/m0/s1. The number of rotatable bonds is 10. The highest BCUT2D eigenvalue weighted by Gasteiger charge is 2.39. The van der Waals surface area contributed by atoms with E-state index in [2.05, 4.69) is 20.2 Å². The summed E-state index contributed by atoms with van der Waals surface area (Å²) in [6, 6.07) is 18.7. The predicted octanol–water partition coefficient (Wildman–Crippen LogP) is 3.67. The maximum Gasteiger partial charge on any atom is 0.416 e. The number of aliphatic hydroxyl groups excluding tert-OH is 1. The molecule has 0 aliphatic heterocycles. The fourth-order valence-corrected chi connectivity index (χ4v) is 4.39. The van der Waals surface area contributed by atoms with Crippen LogP contribution in [0.1, 0.15) is 17.1 Å². The third-order valence-corrected chi connectivity index (χ3v) is 6.56. The largest absolute Gasteiger partial charge is 0.416 e. The molecular formula is C28H23ClF3N7O3. The summed E-state index contributed by atoms with van der Waals surface area (Å²) in [6.07, 6.45) is -4.49. The monoisotopic (exact) mass is 597 g/mol. The average molecular weight is 598 g/mol. The van der Waals surface area contributed by atoms with Gasteiger partial charge >= 0.3 is 11.9 Å². The number of alkyl halides is 3. The second-order valence-electron chi connectivity index (χ2n) is 9.39. The molecule has 0 spiro atoms. The lowest BCUT2D eigenvalue weighted by atomic mass is 10.0. The predicted molar refractivity (Wildman–Crippen MR) is 146 cm³/mol. The Bertz CT molecular complexity index is 1750. The zero-order valence-electron chi connectivity index (χ0n) is 21.8. The Kier molecular flexibility index (Phi) is 8.31. The summed E-state index contributed by atoms with van der Waals surface area (Å²) < 4.78 is 42.5. The third-order valence-electron chi connectivity index (χ3n) is 6.31. The number of pyridine rings is 1. The third kappa shape index (κ3) is 6.64. The fourth-order valence-electron chi connectivity index (χ4n) is 4.26. The highest BCUT2D eigenvalue weighted by atomic mass is 35.5. The summed E-state index contributed by atoms with van der Waals surface area (Å²) in [5, 5.41) is 18.7. The lowest BCUT2D eigenvalue weighted by molar-refractivity contribution is -0.207. The molecule has 42 heavy (non-hydrogen) atoms. The number of hydrogen-bond donors (Lipinski definition) is 1. The number of nitrogens with zero attached hydrogens (tertiary/aromatic N) is 7. The zero-order chi connectivity index (χ0) is 29.9. The summed E-state index contributed by atoms with van der Waals surface area (Å²) in [5.74, 6) is -0.00795. The number of aliphatic hydroxyl groups is 1. The molecule has 0 fully saturated rings. The van der Waals surface area contributed by atoms with Gasteiger partial charge in [-0.15, -0.1) is 10.2 Å². The molecule has 5 aromatic rings. The van der Waals surface area contributed by atoms with E-state index >= 15 is 0 Å². The minimum atomic E-state index is -4.94. The van der Waals surface area contributed by atoms with Crippen LogP contribution in [0.2, 0.25) is 5.02 Å². The number of benzene rings is 2. The number of carbonyl (C=O) groups excluding carboxylic acids is 1. The average Bonchev–Trinajstić information content (AvgIpc) is 3.54. The number of ketones is 1. The van der Waals surface area contributed by atoms with E-state index in [1.165, 1.54) is 35.3 Å². The minimum absolute atomic E-state index is 0.0469. The number of aromatic nitrogens is 7. The van der Waals surface area contributed by atoms with Crippen LogP contribution in [-0.2, 0) is 30.7 Å². The molecule has 1 atom stereocenters. The summed E-state index contributed by atoms with van der Waals surface area (Å²) in [4.78, 5) is 34.4. The van der Waals surface area contributed by atoms with Gasteiger partial charge < -0.3 is 5.11 Å². The first kappa shape index (κ1) is 28.9. The molecule has 0 unspecified atom stereocenters. The summed E-state index contributed by atoms with van der Waals surface area (Å²) in [6.45, 7) is -1.33. The molecule has 0 bridgehead atoms. The van der Waals surface area contributed by atoms with Gasteiger partial charge in [0.05, 0.1) is 24.3 Å². The van der Waals surface area contributed by atoms with Crippen LogP contribution in [0.5, 0.6) is 0 Å². The first-order chi connectivity index (χ1) is 20.1. The zero-order valence-corrected chi connectivity index (χ0v) is 22.6.